The van der Waals surface area contributed by atoms with Crippen LogP contribution in [0.25, 0.3) is 0 Å². The van der Waals surface area contributed by atoms with E-state index >= 15 is 0 Å². The molecule has 1 heterocycles. The molecule has 1 aromatic heterocycles. The molecule has 4 heteroatoms. The van der Waals surface area contributed by atoms with Crippen LogP contribution < -0.4 is 5.73 Å². The molecule has 0 bridgehead atoms. The maximum Gasteiger partial charge on any atom is 0.0793 e. The van der Waals surface area contributed by atoms with Crippen molar-refractivity contribution in [2.24, 2.45) is 11.7 Å². The van der Waals surface area contributed by atoms with Crippen molar-refractivity contribution in [1.82, 2.24) is 9.78 Å². The number of aromatic nitrogens is 2. The fourth-order valence-corrected chi connectivity index (χ4v) is 3.19. The highest BCUT2D eigenvalue weighted by Crippen LogP contribution is 2.32. The maximum absolute atomic E-state index is 6.41. The van der Waals surface area contributed by atoms with E-state index in [9.17, 15) is 0 Å². The Morgan fingerprint density at radius 2 is 2.16 bits per heavy atom. The lowest BCUT2D eigenvalue weighted by molar-refractivity contribution is 0.0172. The topological polar surface area (TPSA) is 53.1 Å². The van der Waals surface area contributed by atoms with Gasteiger partial charge in [0.25, 0.3) is 0 Å². The summed E-state index contributed by atoms with van der Waals surface area (Å²) in [6.45, 7) is 3.11. The molecule has 0 spiro atoms. The lowest BCUT2D eigenvalue weighted by Crippen LogP contribution is -2.35. The summed E-state index contributed by atoms with van der Waals surface area (Å²) >= 11 is 0. The van der Waals surface area contributed by atoms with Crippen molar-refractivity contribution >= 4 is 0 Å². The number of ether oxygens (including phenoxy) is 1. The van der Waals surface area contributed by atoms with Crippen LogP contribution in [0.15, 0.2) is 12.4 Å². The molecule has 2 N–H and O–H groups in total. The highest BCUT2D eigenvalue weighted by molar-refractivity contribution is 5.12. The Kier molecular flexibility index (Phi) is 5.40. The number of methoxy groups -OCH3 is 1. The second-order valence-electron chi connectivity index (χ2n) is 5.66. The Balaban J connectivity index is 2.03. The smallest absolute Gasteiger partial charge is 0.0793 e. The van der Waals surface area contributed by atoms with Crippen molar-refractivity contribution in [1.29, 1.82) is 0 Å². The highest BCUT2D eigenvalue weighted by atomic mass is 16.5. The summed E-state index contributed by atoms with van der Waals surface area (Å²) in [6, 6.07) is -0.0568. The first-order valence-corrected chi connectivity index (χ1v) is 7.57. The van der Waals surface area contributed by atoms with Gasteiger partial charge in [0.1, 0.15) is 0 Å². The van der Waals surface area contributed by atoms with Gasteiger partial charge in [0.15, 0.2) is 0 Å². The third-order valence-electron chi connectivity index (χ3n) is 4.23. The molecular weight excluding hydrogens is 238 g/mol. The SMILES string of the molecule is CCCn1cc(C(N)C(OC)C2CCCCC2)cn1. The molecule has 0 saturated heterocycles. The van der Waals surface area contributed by atoms with E-state index in [1.165, 1.54) is 32.1 Å². The number of hydrogen-bond acceptors (Lipinski definition) is 3. The van der Waals surface area contributed by atoms with E-state index in [2.05, 4.69) is 18.2 Å². The predicted octanol–water partition coefficient (Wildman–Crippen LogP) is 2.89. The molecule has 0 aliphatic heterocycles. The molecule has 1 aliphatic rings. The van der Waals surface area contributed by atoms with E-state index in [0.29, 0.717) is 5.92 Å². The van der Waals surface area contributed by atoms with Crippen LogP contribution >= 0.6 is 0 Å². The zero-order valence-corrected chi connectivity index (χ0v) is 12.2. The number of aryl methyl sites for hydroxylation is 1. The molecule has 2 rings (SSSR count). The molecule has 1 aromatic rings. The van der Waals surface area contributed by atoms with Crippen LogP contribution in [0.2, 0.25) is 0 Å². The Bertz CT molecular complexity index is 371. The first-order chi connectivity index (χ1) is 9.26. The zero-order valence-electron chi connectivity index (χ0n) is 12.2. The number of hydrogen-bond donors (Lipinski definition) is 1. The molecule has 1 saturated carbocycles. The van der Waals surface area contributed by atoms with E-state index in [1.54, 1.807) is 7.11 Å². The van der Waals surface area contributed by atoms with Gasteiger partial charge in [0, 0.05) is 25.4 Å². The summed E-state index contributed by atoms with van der Waals surface area (Å²) < 4.78 is 7.69. The minimum Gasteiger partial charge on any atom is -0.379 e. The molecule has 1 aliphatic carbocycles. The summed E-state index contributed by atoms with van der Waals surface area (Å²) in [5.74, 6) is 0.600. The second-order valence-corrected chi connectivity index (χ2v) is 5.66. The van der Waals surface area contributed by atoms with Crippen molar-refractivity contribution in [3.05, 3.63) is 18.0 Å². The molecular formula is C15H27N3O. The molecule has 0 aromatic carbocycles. The summed E-state index contributed by atoms with van der Waals surface area (Å²) in [7, 11) is 1.79. The van der Waals surface area contributed by atoms with Gasteiger partial charge in [-0.25, -0.2) is 0 Å². The summed E-state index contributed by atoms with van der Waals surface area (Å²) in [6.07, 6.45) is 11.7. The van der Waals surface area contributed by atoms with Crippen LogP contribution in [0.1, 0.15) is 57.1 Å². The van der Waals surface area contributed by atoms with Crippen molar-refractivity contribution in [3.8, 4) is 0 Å². The van der Waals surface area contributed by atoms with Crippen LogP contribution in [-0.2, 0) is 11.3 Å². The van der Waals surface area contributed by atoms with Crippen LogP contribution in [-0.4, -0.2) is 23.0 Å². The van der Waals surface area contributed by atoms with Crippen LogP contribution in [0.5, 0.6) is 0 Å². The Labute approximate surface area is 116 Å². The minimum atomic E-state index is -0.0568. The number of rotatable bonds is 6. The molecule has 4 nitrogen and oxygen atoms in total. The minimum absolute atomic E-state index is 0.0568. The summed E-state index contributed by atoms with van der Waals surface area (Å²) in [5, 5.41) is 4.37. The van der Waals surface area contributed by atoms with E-state index in [0.717, 1.165) is 18.5 Å². The van der Waals surface area contributed by atoms with E-state index in [1.807, 2.05) is 10.9 Å². The van der Waals surface area contributed by atoms with Gasteiger partial charge in [-0.1, -0.05) is 26.2 Å². The van der Waals surface area contributed by atoms with Gasteiger partial charge >= 0.3 is 0 Å². The lowest BCUT2D eigenvalue weighted by atomic mass is 9.81. The number of nitrogens with zero attached hydrogens (tertiary/aromatic N) is 2. The second kappa shape index (κ2) is 7.06. The number of nitrogens with two attached hydrogens (primary N) is 1. The normalized spacial score (nSPS) is 20.4. The third-order valence-corrected chi connectivity index (χ3v) is 4.23. The monoisotopic (exact) mass is 265 g/mol. The Hall–Kier alpha value is -0.870. The molecule has 0 amide bonds. The Morgan fingerprint density at radius 3 is 2.79 bits per heavy atom. The van der Waals surface area contributed by atoms with Gasteiger partial charge in [-0.15, -0.1) is 0 Å². The van der Waals surface area contributed by atoms with Gasteiger partial charge < -0.3 is 10.5 Å². The molecule has 19 heavy (non-hydrogen) atoms. The van der Waals surface area contributed by atoms with E-state index < -0.39 is 0 Å². The van der Waals surface area contributed by atoms with Crippen LogP contribution in [0.4, 0.5) is 0 Å². The zero-order chi connectivity index (χ0) is 13.7. The largest absolute Gasteiger partial charge is 0.379 e. The fourth-order valence-electron chi connectivity index (χ4n) is 3.19. The van der Waals surface area contributed by atoms with Gasteiger partial charge in [-0.05, 0) is 25.2 Å². The highest BCUT2D eigenvalue weighted by Gasteiger charge is 2.30. The molecule has 1 fully saturated rings. The van der Waals surface area contributed by atoms with Gasteiger partial charge in [-0.2, -0.15) is 5.10 Å². The average Bonchev–Trinajstić information content (AvgIpc) is 2.90. The van der Waals surface area contributed by atoms with Crippen LogP contribution in [0.3, 0.4) is 0 Å². The first-order valence-electron chi connectivity index (χ1n) is 7.57. The fraction of sp³-hybridized carbons (Fsp3) is 0.800. The average molecular weight is 265 g/mol. The van der Waals surface area contributed by atoms with E-state index in [-0.39, 0.29) is 12.1 Å². The van der Waals surface area contributed by atoms with Gasteiger partial charge in [-0.3, -0.25) is 4.68 Å². The van der Waals surface area contributed by atoms with Crippen molar-refractivity contribution in [2.75, 3.05) is 7.11 Å². The van der Waals surface area contributed by atoms with Gasteiger partial charge in [0.2, 0.25) is 0 Å². The van der Waals surface area contributed by atoms with Crippen molar-refractivity contribution in [2.45, 2.75) is 64.1 Å². The van der Waals surface area contributed by atoms with Crippen molar-refractivity contribution in [3.63, 3.8) is 0 Å². The Morgan fingerprint density at radius 1 is 1.42 bits per heavy atom. The molecule has 0 radical (unpaired) electrons. The summed E-state index contributed by atoms with van der Waals surface area (Å²) in [5.41, 5.74) is 7.51. The molecule has 108 valence electrons. The predicted molar refractivity (Wildman–Crippen MR) is 76.8 cm³/mol. The molecule has 2 unspecified atom stereocenters. The maximum atomic E-state index is 6.41. The van der Waals surface area contributed by atoms with Crippen molar-refractivity contribution < 1.29 is 4.74 Å². The van der Waals surface area contributed by atoms with Crippen LogP contribution in [0, 0.1) is 5.92 Å². The molecule has 2 atom stereocenters. The summed E-state index contributed by atoms with van der Waals surface area (Å²) in [4.78, 5) is 0. The third kappa shape index (κ3) is 3.57. The van der Waals surface area contributed by atoms with E-state index in [4.69, 9.17) is 10.5 Å². The lowest BCUT2D eigenvalue weighted by Gasteiger charge is -2.32. The quantitative estimate of drug-likeness (QED) is 0.860. The van der Waals surface area contributed by atoms with Gasteiger partial charge in [0.05, 0.1) is 18.3 Å². The standard InChI is InChI=1S/C15H27N3O/c1-3-9-18-11-13(10-17-18)14(16)15(19-2)12-7-5-4-6-8-12/h10-12,14-15H,3-9,16H2,1-2H3. The first kappa shape index (κ1) is 14.5.